The fourth-order valence-electron chi connectivity index (χ4n) is 3.95. The van der Waals surface area contributed by atoms with E-state index in [1.165, 1.54) is 5.56 Å². The summed E-state index contributed by atoms with van der Waals surface area (Å²) in [6.07, 6.45) is 4.30. The van der Waals surface area contributed by atoms with Gasteiger partial charge in [-0.15, -0.1) is 0 Å². The quantitative estimate of drug-likeness (QED) is 0.836. The molecule has 0 saturated carbocycles. The maximum absolute atomic E-state index is 12.5. The number of H-pyrrole nitrogens is 1. The lowest BCUT2D eigenvalue weighted by Gasteiger charge is -2.43. The number of ether oxygens (including phenoxy) is 1. The van der Waals surface area contributed by atoms with Crippen LogP contribution in [0.4, 0.5) is 4.79 Å². The van der Waals surface area contributed by atoms with Gasteiger partial charge in [0.25, 0.3) is 0 Å². The molecule has 0 atom stereocenters. The van der Waals surface area contributed by atoms with E-state index in [4.69, 9.17) is 4.74 Å². The van der Waals surface area contributed by atoms with Gasteiger partial charge in [0.05, 0.1) is 18.5 Å². The number of rotatable bonds is 2. The third-order valence-corrected chi connectivity index (χ3v) is 5.48. The molecule has 8 nitrogen and oxygen atoms in total. The number of fused-ring (bicyclic) bond motifs is 2. The minimum absolute atomic E-state index is 0.0224. The summed E-state index contributed by atoms with van der Waals surface area (Å²) in [6, 6.07) is -0.0606. The van der Waals surface area contributed by atoms with Crippen molar-refractivity contribution >= 4 is 11.9 Å². The van der Waals surface area contributed by atoms with Crippen LogP contribution in [0.5, 0.6) is 0 Å². The number of likely N-dealkylation sites (N-methyl/N-ethyl adjacent to an activating group) is 1. The van der Waals surface area contributed by atoms with Crippen LogP contribution in [-0.4, -0.2) is 83.2 Å². The molecule has 0 aliphatic carbocycles. The summed E-state index contributed by atoms with van der Waals surface area (Å²) in [5.74, 6) is 0.0224. The number of hydrogen-bond donors (Lipinski definition) is 1. The SMILES string of the molecule is CN1CCN(CC(=O)N2CCC3(CC2)OCCc2cn[nH]c23)C1=O. The standard InChI is InChI=1S/C16H23N5O3/c1-19-7-8-21(15(19)23)11-13(22)20-5-3-16(4-6-20)14-12(2-9-24-16)10-17-18-14/h10H,2-9,11H2,1H3,(H,17,18). The average Bonchev–Trinajstić information content (AvgIpc) is 3.19. The van der Waals surface area contributed by atoms with Crippen LogP contribution >= 0.6 is 0 Å². The Labute approximate surface area is 140 Å². The van der Waals surface area contributed by atoms with Gasteiger partial charge in [-0.05, 0) is 24.8 Å². The minimum atomic E-state index is -0.329. The summed E-state index contributed by atoms with van der Waals surface area (Å²) >= 11 is 0. The fraction of sp³-hybridized carbons (Fsp3) is 0.688. The van der Waals surface area contributed by atoms with Crippen LogP contribution in [0.2, 0.25) is 0 Å². The lowest BCUT2D eigenvalue weighted by Crippen LogP contribution is -2.50. The van der Waals surface area contributed by atoms with Gasteiger partial charge in [-0.1, -0.05) is 0 Å². The second-order valence-electron chi connectivity index (χ2n) is 6.87. The highest BCUT2D eigenvalue weighted by molar-refractivity contribution is 5.85. The number of urea groups is 1. The van der Waals surface area contributed by atoms with Crippen molar-refractivity contribution < 1.29 is 14.3 Å². The zero-order chi connectivity index (χ0) is 16.7. The minimum Gasteiger partial charge on any atom is -0.368 e. The van der Waals surface area contributed by atoms with Crippen LogP contribution in [0, 0.1) is 0 Å². The molecule has 1 aromatic heterocycles. The molecule has 24 heavy (non-hydrogen) atoms. The second kappa shape index (κ2) is 5.77. The Morgan fingerprint density at radius 3 is 2.83 bits per heavy atom. The van der Waals surface area contributed by atoms with Crippen LogP contribution < -0.4 is 0 Å². The van der Waals surface area contributed by atoms with Crippen LogP contribution in [-0.2, 0) is 21.6 Å². The first kappa shape index (κ1) is 15.4. The van der Waals surface area contributed by atoms with Crippen molar-refractivity contribution in [2.45, 2.75) is 24.9 Å². The van der Waals surface area contributed by atoms with Crippen LogP contribution in [0.15, 0.2) is 6.20 Å². The molecule has 3 aliphatic heterocycles. The second-order valence-corrected chi connectivity index (χ2v) is 6.87. The van der Waals surface area contributed by atoms with Crippen molar-refractivity contribution in [2.24, 2.45) is 0 Å². The van der Waals surface area contributed by atoms with E-state index in [0.717, 1.165) is 25.0 Å². The molecule has 4 rings (SSSR count). The highest BCUT2D eigenvalue weighted by atomic mass is 16.5. The van der Waals surface area contributed by atoms with E-state index in [1.807, 2.05) is 11.1 Å². The summed E-state index contributed by atoms with van der Waals surface area (Å²) in [4.78, 5) is 29.6. The normalized spacial score (nSPS) is 23.0. The number of aromatic amines is 1. The van der Waals surface area contributed by atoms with Crippen molar-refractivity contribution in [2.75, 3.05) is 46.4 Å². The summed E-state index contributed by atoms with van der Waals surface area (Å²) in [5.41, 5.74) is 1.98. The molecule has 0 radical (unpaired) electrons. The first-order valence-corrected chi connectivity index (χ1v) is 8.53. The zero-order valence-corrected chi connectivity index (χ0v) is 14.0. The Balaban J connectivity index is 1.39. The maximum Gasteiger partial charge on any atom is 0.320 e. The zero-order valence-electron chi connectivity index (χ0n) is 14.0. The molecular weight excluding hydrogens is 310 g/mol. The molecule has 3 amide bonds. The van der Waals surface area contributed by atoms with Crippen molar-refractivity contribution in [3.63, 3.8) is 0 Å². The number of carbonyl (C=O) groups is 2. The van der Waals surface area contributed by atoms with E-state index in [1.54, 1.807) is 16.8 Å². The number of carbonyl (C=O) groups excluding carboxylic acids is 2. The number of amides is 3. The third-order valence-electron chi connectivity index (χ3n) is 5.48. The topological polar surface area (TPSA) is 81.8 Å². The van der Waals surface area contributed by atoms with Gasteiger partial charge in [0.15, 0.2) is 0 Å². The van der Waals surface area contributed by atoms with E-state index in [-0.39, 0.29) is 24.1 Å². The van der Waals surface area contributed by atoms with E-state index in [9.17, 15) is 9.59 Å². The van der Waals surface area contributed by atoms with E-state index in [0.29, 0.717) is 32.8 Å². The summed E-state index contributed by atoms with van der Waals surface area (Å²) in [5, 5.41) is 7.25. The fourth-order valence-corrected chi connectivity index (χ4v) is 3.95. The van der Waals surface area contributed by atoms with E-state index >= 15 is 0 Å². The van der Waals surface area contributed by atoms with Crippen molar-refractivity contribution in [3.05, 3.63) is 17.5 Å². The molecule has 1 N–H and O–H groups in total. The number of aromatic nitrogens is 2. The van der Waals surface area contributed by atoms with Gasteiger partial charge in [-0.25, -0.2) is 4.79 Å². The summed E-state index contributed by atoms with van der Waals surface area (Å²) in [6.45, 7) is 3.48. The van der Waals surface area contributed by atoms with Crippen LogP contribution in [0.1, 0.15) is 24.1 Å². The predicted octanol–water partition coefficient (Wildman–Crippen LogP) is 0.168. The first-order valence-electron chi connectivity index (χ1n) is 8.53. The molecule has 2 saturated heterocycles. The molecule has 0 bridgehead atoms. The molecule has 0 unspecified atom stereocenters. The van der Waals surface area contributed by atoms with Crippen LogP contribution in [0.3, 0.4) is 0 Å². The molecule has 0 aromatic carbocycles. The third kappa shape index (κ3) is 2.45. The largest absolute Gasteiger partial charge is 0.368 e. The average molecular weight is 333 g/mol. The van der Waals surface area contributed by atoms with E-state index < -0.39 is 0 Å². The van der Waals surface area contributed by atoms with Gasteiger partial charge in [0, 0.05) is 33.2 Å². The Hall–Kier alpha value is -2.09. The van der Waals surface area contributed by atoms with Gasteiger partial charge >= 0.3 is 6.03 Å². The lowest BCUT2D eigenvalue weighted by molar-refractivity contribution is -0.141. The number of nitrogens with zero attached hydrogens (tertiary/aromatic N) is 4. The van der Waals surface area contributed by atoms with E-state index in [2.05, 4.69) is 10.2 Å². The van der Waals surface area contributed by atoms with Crippen molar-refractivity contribution in [1.82, 2.24) is 24.9 Å². The number of nitrogens with one attached hydrogen (secondary N) is 1. The monoisotopic (exact) mass is 333 g/mol. The van der Waals surface area contributed by atoms with Crippen molar-refractivity contribution in [3.8, 4) is 0 Å². The molecule has 3 aliphatic rings. The Bertz CT molecular complexity index is 650. The maximum atomic E-state index is 12.5. The predicted molar refractivity (Wildman–Crippen MR) is 85.3 cm³/mol. The Morgan fingerprint density at radius 2 is 2.12 bits per heavy atom. The van der Waals surface area contributed by atoms with Gasteiger partial charge in [0.1, 0.15) is 12.1 Å². The molecule has 4 heterocycles. The first-order chi connectivity index (χ1) is 11.6. The van der Waals surface area contributed by atoms with Gasteiger partial charge in [-0.3, -0.25) is 9.89 Å². The molecule has 1 spiro atoms. The Morgan fingerprint density at radius 1 is 1.33 bits per heavy atom. The number of hydrogen-bond acceptors (Lipinski definition) is 4. The lowest BCUT2D eigenvalue weighted by atomic mass is 9.84. The molecular formula is C16H23N5O3. The summed E-state index contributed by atoms with van der Waals surface area (Å²) < 4.78 is 6.10. The summed E-state index contributed by atoms with van der Waals surface area (Å²) in [7, 11) is 1.76. The smallest absolute Gasteiger partial charge is 0.320 e. The molecule has 130 valence electrons. The highest BCUT2D eigenvalue weighted by Crippen LogP contribution is 2.40. The molecule has 2 fully saturated rings. The number of piperidine rings is 1. The Kier molecular flexibility index (Phi) is 3.71. The highest BCUT2D eigenvalue weighted by Gasteiger charge is 2.43. The van der Waals surface area contributed by atoms with Crippen molar-refractivity contribution in [1.29, 1.82) is 0 Å². The van der Waals surface area contributed by atoms with Crippen LogP contribution in [0.25, 0.3) is 0 Å². The molecule has 1 aromatic rings. The molecule has 8 heteroatoms. The van der Waals surface area contributed by atoms with Gasteiger partial charge in [-0.2, -0.15) is 5.10 Å². The number of likely N-dealkylation sites (tertiary alicyclic amines) is 1. The van der Waals surface area contributed by atoms with Gasteiger partial charge in [0.2, 0.25) is 5.91 Å². The van der Waals surface area contributed by atoms with Gasteiger partial charge < -0.3 is 19.4 Å².